The van der Waals surface area contributed by atoms with Crippen LogP contribution in [0.15, 0.2) is 42.5 Å². The fraction of sp³-hybridized carbons (Fsp3) is 0.360. The van der Waals surface area contributed by atoms with E-state index in [1.165, 1.54) is 25.1 Å². The number of nitrogens with zero attached hydrogens (tertiary/aromatic N) is 2. The van der Waals surface area contributed by atoms with Gasteiger partial charge in [-0.1, -0.05) is 84.9 Å². The van der Waals surface area contributed by atoms with Crippen LogP contribution in [0.3, 0.4) is 0 Å². The van der Waals surface area contributed by atoms with E-state index in [2.05, 4.69) is 31.9 Å². The quantitative estimate of drug-likeness (QED) is 0.233. The lowest BCUT2D eigenvalue weighted by Gasteiger charge is -2.35. The lowest BCUT2D eigenvalue weighted by molar-refractivity contribution is -0.156. The molecule has 1 aliphatic carbocycles. The van der Waals surface area contributed by atoms with Crippen LogP contribution in [0, 0.1) is 18.8 Å². The van der Waals surface area contributed by atoms with Gasteiger partial charge in [0.1, 0.15) is 6.04 Å². The Kier molecular flexibility index (Phi) is 7.77. The second-order valence-corrected chi connectivity index (χ2v) is 12.1. The van der Waals surface area contributed by atoms with Crippen LogP contribution in [0.4, 0.5) is 0 Å². The van der Waals surface area contributed by atoms with E-state index in [1.54, 1.807) is 24.3 Å². The molecule has 1 heterocycles. The molecule has 1 saturated heterocycles. The largest absolute Gasteiger partial charge is 0.292 e. The normalized spacial score (nSPS) is 24.8. The van der Waals surface area contributed by atoms with Gasteiger partial charge in [0.2, 0.25) is 0 Å². The molecule has 4 rings (SSSR count). The fourth-order valence-corrected chi connectivity index (χ4v) is 6.31. The highest BCUT2D eigenvalue weighted by molar-refractivity contribution is 9.12. The number of amides is 3. The van der Waals surface area contributed by atoms with Crippen molar-refractivity contribution in [3.8, 4) is 0 Å². The zero-order chi connectivity index (χ0) is 25.6. The Balaban J connectivity index is 1.77. The summed E-state index contributed by atoms with van der Waals surface area (Å²) in [6, 6.07) is 10.1. The molecule has 2 aromatic carbocycles. The van der Waals surface area contributed by atoms with Gasteiger partial charge in [0.15, 0.2) is 5.78 Å². The van der Waals surface area contributed by atoms with Gasteiger partial charge in [0.25, 0.3) is 17.7 Å². The molecule has 5 atom stereocenters. The molecule has 35 heavy (non-hydrogen) atoms. The molecule has 0 spiro atoms. The van der Waals surface area contributed by atoms with Crippen molar-refractivity contribution in [2.45, 2.75) is 42.4 Å². The van der Waals surface area contributed by atoms with E-state index in [1.807, 2.05) is 6.92 Å². The SMILES string of the molecule is Cc1ccc(C(=O)[C@H](C)N(C(=O)c2ccc(Cl)cc2Cl)N2C(=O)[C@H]3C[C@@H](Br)[C@@H](Br)C[C@H]3C2=O)cc1. The Bertz CT molecular complexity index is 1180. The van der Waals surface area contributed by atoms with Crippen molar-refractivity contribution in [1.82, 2.24) is 10.0 Å². The zero-order valence-electron chi connectivity index (χ0n) is 18.9. The molecule has 2 aromatic rings. The topological polar surface area (TPSA) is 74.8 Å². The van der Waals surface area contributed by atoms with Crippen molar-refractivity contribution in [2.75, 3.05) is 0 Å². The Morgan fingerprint density at radius 3 is 2.03 bits per heavy atom. The van der Waals surface area contributed by atoms with Gasteiger partial charge < -0.3 is 0 Å². The van der Waals surface area contributed by atoms with Gasteiger partial charge in [-0.15, -0.1) is 0 Å². The van der Waals surface area contributed by atoms with Crippen molar-refractivity contribution in [3.05, 3.63) is 69.2 Å². The number of carbonyl (C=O) groups is 4. The summed E-state index contributed by atoms with van der Waals surface area (Å²) in [6.07, 6.45) is 0.872. The summed E-state index contributed by atoms with van der Waals surface area (Å²) in [5.74, 6) is -3.30. The first-order valence-electron chi connectivity index (χ1n) is 11.1. The summed E-state index contributed by atoms with van der Waals surface area (Å²) in [5, 5.41) is 2.21. The van der Waals surface area contributed by atoms with E-state index in [4.69, 9.17) is 23.2 Å². The molecule has 0 radical (unpaired) electrons. The second kappa shape index (κ2) is 10.3. The van der Waals surface area contributed by atoms with E-state index >= 15 is 0 Å². The van der Waals surface area contributed by atoms with Crippen molar-refractivity contribution in [3.63, 3.8) is 0 Å². The van der Waals surface area contributed by atoms with E-state index in [9.17, 15) is 19.2 Å². The average molecular weight is 645 g/mol. The van der Waals surface area contributed by atoms with Crippen molar-refractivity contribution in [2.24, 2.45) is 11.8 Å². The Labute approximate surface area is 230 Å². The predicted molar refractivity (Wildman–Crippen MR) is 141 cm³/mol. The number of fused-ring (bicyclic) bond motifs is 1. The Morgan fingerprint density at radius 1 is 0.971 bits per heavy atom. The van der Waals surface area contributed by atoms with E-state index in [0.717, 1.165) is 15.6 Å². The number of aryl methyl sites for hydroxylation is 1. The summed E-state index contributed by atoms with van der Waals surface area (Å²) in [6.45, 7) is 3.40. The number of carbonyl (C=O) groups excluding carboxylic acids is 4. The number of Topliss-reactive ketones (excluding diaryl/α,β-unsaturated/α-hetero) is 1. The molecule has 0 unspecified atom stereocenters. The molecule has 1 saturated carbocycles. The smallest absolute Gasteiger partial charge is 0.275 e. The van der Waals surface area contributed by atoms with Crippen LogP contribution in [0.5, 0.6) is 0 Å². The van der Waals surface area contributed by atoms with Gasteiger partial charge in [0, 0.05) is 20.2 Å². The van der Waals surface area contributed by atoms with Crippen LogP contribution in [0.25, 0.3) is 0 Å². The molecule has 2 fully saturated rings. The van der Waals surface area contributed by atoms with Gasteiger partial charge in [-0.05, 0) is 44.9 Å². The van der Waals surface area contributed by atoms with Gasteiger partial charge >= 0.3 is 0 Å². The van der Waals surface area contributed by atoms with E-state index in [-0.39, 0.29) is 20.2 Å². The van der Waals surface area contributed by atoms with Crippen LogP contribution < -0.4 is 0 Å². The first-order valence-corrected chi connectivity index (χ1v) is 13.6. The highest BCUT2D eigenvalue weighted by Gasteiger charge is 2.55. The Hall–Kier alpha value is -1.74. The molecule has 3 amide bonds. The minimum atomic E-state index is -1.15. The van der Waals surface area contributed by atoms with Gasteiger partial charge in [-0.2, -0.15) is 5.01 Å². The number of imide groups is 1. The molecular formula is C25H22Br2Cl2N2O4. The number of hydrogen-bond donors (Lipinski definition) is 0. The molecule has 0 N–H and O–H groups in total. The highest BCUT2D eigenvalue weighted by atomic mass is 79.9. The lowest BCUT2D eigenvalue weighted by atomic mass is 9.81. The van der Waals surface area contributed by atoms with Crippen LogP contribution in [0.2, 0.25) is 10.0 Å². The summed E-state index contributed by atoms with van der Waals surface area (Å²) < 4.78 is 0. The predicted octanol–water partition coefficient (Wildman–Crippen LogP) is 5.85. The molecule has 0 aromatic heterocycles. The molecule has 0 bridgehead atoms. The summed E-state index contributed by atoms with van der Waals surface area (Å²) in [4.78, 5) is 54.3. The minimum absolute atomic E-state index is 0.00178. The first kappa shape index (κ1) is 26.3. The number of halogens is 4. The standard InChI is InChI=1S/C25H22Br2Cl2N2O4/c1-12-3-5-14(6-4-12)22(32)13(2)30(23(33)16-8-7-15(28)9-21(16)29)31-24(34)17-10-19(26)20(27)11-18(17)25(31)35/h3-9,13,17-20H,10-11H2,1-2H3/t13-,17-,18+,19+,20-/m0/s1. The molecule has 10 heteroatoms. The minimum Gasteiger partial charge on any atom is -0.292 e. The number of alkyl halides is 2. The summed E-state index contributed by atoms with van der Waals surface area (Å²) in [5.41, 5.74) is 1.37. The average Bonchev–Trinajstić information content (AvgIpc) is 3.04. The third-order valence-corrected chi connectivity index (χ3v) is 9.84. The second-order valence-electron chi connectivity index (χ2n) is 8.88. The molecular weight excluding hydrogens is 623 g/mol. The van der Waals surface area contributed by atoms with Crippen LogP contribution >= 0.6 is 55.1 Å². The number of hydrazine groups is 1. The van der Waals surface area contributed by atoms with E-state index < -0.39 is 41.4 Å². The highest BCUT2D eigenvalue weighted by Crippen LogP contribution is 2.44. The molecule has 1 aliphatic heterocycles. The molecule has 6 nitrogen and oxygen atoms in total. The fourth-order valence-electron chi connectivity index (χ4n) is 4.59. The van der Waals surface area contributed by atoms with Crippen molar-refractivity contribution < 1.29 is 19.2 Å². The maximum atomic E-state index is 13.8. The van der Waals surface area contributed by atoms with Crippen LogP contribution in [-0.4, -0.2) is 49.2 Å². The number of ketones is 1. The zero-order valence-corrected chi connectivity index (χ0v) is 23.6. The maximum absolute atomic E-state index is 13.8. The summed E-state index contributed by atoms with van der Waals surface area (Å²) in [7, 11) is 0. The molecule has 184 valence electrons. The lowest BCUT2D eigenvalue weighted by Crippen LogP contribution is -2.56. The van der Waals surface area contributed by atoms with Crippen LogP contribution in [0.1, 0.15) is 46.0 Å². The monoisotopic (exact) mass is 642 g/mol. The Morgan fingerprint density at radius 2 is 1.51 bits per heavy atom. The molecule has 2 aliphatic rings. The third kappa shape index (κ3) is 4.95. The van der Waals surface area contributed by atoms with Gasteiger partial charge in [-0.3, -0.25) is 19.2 Å². The summed E-state index contributed by atoms with van der Waals surface area (Å²) >= 11 is 19.5. The van der Waals surface area contributed by atoms with Gasteiger partial charge in [0.05, 0.1) is 22.4 Å². The van der Waals surface area contributed by atoms with Crippen molar-refractivity contribution >= 4 is 78.6 Å². The van der Waals surface area contributed by atoms with Crippen LogP contribution in [-0.2, 0) is 9.59 Å². The third-order valence-electron chi connectivity index (χ3n) is 6.56. The number of benzene rings is 2. The number of rotatable bonds is 5. The van der Waals surface area contributed by atoms with Crippen molar-refractivity contribution in [1.29, 1.82) is 0 Å². The maximum Gasteiger partial charge on any atom is 0.275 e. The van der Waals surface area contributed by atoms with E-state index in [0.29, 0.717) is 23.4 Å². The van der Waals surface area contributed by atoms with Gasteiger partial charge in [-0.25, -0.2) is 5.01 Å². The first-order chi connectivity index (χ1) is 16.5. The number of hydrogen-bond acceptors (Lipinski definition) is 4.